The molecule has 6 heterocycles. The zero-order valence-corrected chi connectivity index (χ0v) is 67.4. The Labute approximate surface area is 642 Å². The van der Waals surface area contributed by atoms with Crippen molar-refractivity contribution in [1.82, 2.24) is 83.1 Å². The van der Waals surface area contributed by atoms with E-state index in [1.165, 1.54) is 29.6 Å². The van der Waals surface area contributed by atoms with Gasteiger partial charge in [-0.05, 0) is 103 Å². The molecule has 0 radical (unpaired) electrons. The van der Waals surface area contributed by atoms with E-state index in [0.29, 0.717) is 143 Å². The Morgan fingerprint density at radius 2 is 0.651 bits per heavy atom. The SMILES string of the molecule is CC(=O)N[C@@H](CCCNC(=N)N)c1nc(C)sc1C(=O)N[C@@H](CC(C)C)c1nc(CCCNC(=N)N)sc1C(=O)N[C@@H](C)c1nc(CC(C)C)sc1C(=O)N[C@@H](CCCNC(=N)N)c1nc(C)sc1C(=O)N[C@@H](CC(C)C)c1nc(CCCNC(=N)N)sc1C(=O)N[C@@H](C)c1nc(CC(C)C)sc1C(N)=O. The molecule has 580 valence electrons. The molecule has 0 aromatic carbocycles. The molecule has 0 spiro atoms. The minimum atomic E-state index is -0.938. The molecule has 0 unspecified atom stereocenters. The van der Waals surface area contributed by atoms with E-state index in [1.807, 2.05) is 55.4 Å². The van der Waals surface area contributed by atoms with Crippen molar-refractivity contribution in [2.75, 3.05) is 26.2 Å². The quantitative estimate of drug-likeness (QED) is 0.00998. The van der Waals surface area contributed by atoms with E-state index in [9.17, 15) is 19.2 Å². The average molecular weight is 1580 g/mol. The Morgan fingerprint density at radius 1 is 0.358 bits per heavy atom. The topological polar surface area (TPSA) is 543 Å². The smallest absolute Gasteiger partial charge is 0.263 e. The second-order valence-corrected chi connectivity index (χ2v) is 34.3. The van der Waals surface area contributed by atoms with Gasteiger partial charge in [-0.3, -0.25) is 55.2 Å². The van der Waals surface area contributed by atoms with E-state index in [2.05, 4.69) is 53.2 Å². The zero-order valence-electron chi connectivity index (χ0n) is 62.5. The summed E-state index contributed by atoms with van der Waals surface area (Å²) >= 11 is 6.98. The molecule has 0 saturated carbocycles. The molecule has 0 aliphatic rings. The van der Waals surface area contributed by atoms with Gasteiger partial charge in [0.05, 0.1) is 100 Å². The first kappa shape index (κ1) is 86.1. The van der Waals surface area contributed by atoms with Gasteiger partial charge in [-0.25, -0.2) is 29.9 Å². The molecule has 6 aromatic rings. The van der Waals surface area contributed by atoms with Crippen molar-refractivity contribution >= 4 is 133 Å². The highest BCUT2D eigenvalue weighted by Gasteiger charge is 2.36. The number of carbonyl (C=O) groups excluding carboxylic acids is 7. The van der Waals surface area contributed by atoms with Crippen molar-refractivity contribution in [2.24, 2.45) is 52.3 Å². The number of amides is 7. The van der Waals surface area contributed by atoms with Gasteiger partial charge in [0.2, 0.25) is 5.91 Å². The summed E-state index contributed by atoms with van der Waals surface area (Å²) < 4.78 is 0. The second-order valence-electron chi connectivity index (χ2n) is 27.6. The number of nitrogens with one attached hydrogen (secondary N) is 14. The van der Waals surface area contributed by atoms with Crippen LogP contribution in [0.4, 0.5) is 0 Å². The number of primary amides is 1. The Morgan fingerprint density at radius 3 is 1.00 bits per heavy atom. The number of hydrogen-bond donors (Lipinski definition) is 19. The lowest BCUT2D eigenvalue weighted by molar-refractivity contribution is -0.119. The van der Waals surface area contributed by atoms with Crippen LogP contribution >= 0.6 is 68.0 Å². The maximum atomic E-state index is 15.4. The Kier molecular flexibility index (Phi) is 33.1. The van der Waals surface area contributed by atoms with E-state index < -0.39 is 71.7 Å². The third-order valence-corrected chi connectivity index (χ3v) is 22.4. The number of aryl methyl sites for hydroxylation is 4. The van der Waals surface area contributed by atoms with Crippen LogP contribution in [0.5, 0.6) is 0 Å². The standard InChI is InChI=1S/C68H105N25O7S6/c1-30(2)26-41(88-63(99)55-49(85-37(12)101-55)39(84-36(11)94)18-14-22-78-65(70)71)52-58(104-44(91-52)21-17-25-81-68(76)77)61(97)83-35(10)48-54(106-46(93-48)29-33(7)8)62(98)87-40(19-15-23-79-66(72)73)50-56(102-38(13)86-50)64(100)89-42(27-31(3)4)51-57(103-43(90-51)20-16-24-80-67(74)75)60(96)82-34(9)47-53(59(69)95)105-45(92-47)28-32(5)6/h30-35,39-42H,14-29H2,1-13H3,(H2,69,95)(H,82,96)(H,83,97)(H,84,94)(H,87,98)(H,88,99)(H,89,100)(H4,70,71,78)(H4,72,73,79)(H4,74,75,80)(H4,76,77,81)/t34-,35-,39-,40-,41-,42-/m0/s1. The summed E-state index contributed by atoms with van der Waals surface area (Å²) in [7, 11) is 0. The summed E-state index contributed by atoms with van der Waals surface area (Å²) in [5.41, 5.74) is 30.2. The molecule has 38 heteroatoms. The second kappa shape index (κ2) is 40.8. The largest absolute Gasteiger partial charge is 0.370 e. The maximum Gasteiger partial charge on any atom is 0.263 e. The van der Waals surface area contributed by atoms with Gasteiger partial charge in [0, 0.05) is 58.8 Å². The van der Waals surface area contributed by atoms with Crippen LogP contribution < -0.4 is 81.8 Å². The number of nitrogens with two attached hydrogens (primary N) is 5. The highest BCUT2D eigenvalue weighted by molar-refractivity contribution is 7.15. The first-order valence-corrected chi connectivity index (χ1v) is 40.2. The summed E-state index contributed by atoms with van der Waals surface area (Å²) in [6.45, 7) is 25.7. The van der Waals surface area contributed by atoms with E-state index in [1.54, 1.807) is 27.7 Å². The van der Waals surface area contributed by atoms with Crippen LogP contribution in [-0.2, 0) is 30.5 Å². The van der Waals surface area contributed by atoms with Gasteiger partial charge >= 0.3 is 0 Å². The average Bonchev–Trinajstić information content (AvgIpc) is 1.64. The number of nitrogens with zero attached hydrogens (tertiary/aromatic N) is 6. The molecule has 106 heavy (non-hydrogen) atoms. The molecule has 0 saturated heterocycles. The molecule has 7 amide bonds. The minimum absolute atomic E-state index is 0.0292. The number of thiazole rings is 6. The molecule has 32 nitrogen and oxygen atoms in total. The van der Waals surface area contributed by atoms with Crippen molar-refractivity contribution in [3.63, 3.8) is 0 Å². The van der Waals surface area contributed by atoms with E-state index in [0.717, 1.165) is 45.3 Å². The van der Waals surface area contributed by atoms with Crippen molar-refractivity contribution in [1.29, 1.82) is 21.6 Å². The summed E-state index contributed by atoms with van der Waals surface area (Å²) in [6, 6.07) is -4.95. The molecule has 6 rings (SSSR count). The van der Waals surface area contributed by atoms with Crippen LogP contribution in [0, 0.1) is 59.2 Å². The monoisotopic (exact) mass is 1580 g/mol. The molecule has 0 fully saturated rings. The number of hydrogen-bond acceptors (Lipinski definition) is 23. The molecular weight excluding hydrogens is 1470 g/mol. The fourth-order valence-electron chi connectivity index (χ4n) is 11.5. The first-order chi connectivity index (χ1) is 50.0. The third kappa shape index (κ3) is 26.3. The van der Waals surface area contributed by atoms with Gasteiger partial charge in [0.15, 0.2) is 23.8 Å². The van der Waals surface area contributed by atoms with Crippen LogP contribution in [0.2, 0.25) is 0 Å². The van der Waals surface area contributed by atoms with Crippen LogP contribution in [0.1, 0.15) is 286 Å². The van der Waals surface area contributed by atoms with Crippen molar-refractivity contribution in [3.05, 3.63) is 93.5 Å². The van der Waals surface area contributed by atoms with Crippen molar-refractivity contribution in [2.45, 2.75) is 203 Å². The van der Waals surface area contributed by atoms with E-state index in [-0.39, 0.29) is 107 Å². The van der Waals surface area contributed by atoms with Gasteiger partial charge in [-0.15, -0.1) is 68.0 Å². The lowest BCUT2D eigenvalue weighted by Gasteiger charge is -2.22. The molecule has 6 aromatic heterocycles. The highest BCUT2D eigenvalue weighted by atomic mass is 32.1. The van der Waals surface area contributed by atoms with Gasteiger partial charge in [-0.1, -0.05) is 55.4 Å². The first-order valence-electron chi connectivity index (χ1n) is 35.3. The summed E-state index contributed by atoms with van der Waals surface area (Å²) in [5.74, 6) is -4.24. The highest BCUT2D eigenvalue weighted by Crippen LogP contribution is 2.37. The number of aromatic nitrogens is 6. The van der Waals surface area contributed by atoms with Gasteiger partial charge in [0.1, 0.15) is 29.3 Å². The van der Waals surface area contributed by atoms with Crippen LogP contribution in [0.15, 0.2) is 0 Å². The molecule has 0 bridgehead atoms. The van der Waals surface area contributed by atoms with E-state index >= 15 is 14.4 Å². The lowest BCUT2D eigenvalue weighted by Crippen LogP contribution is -2.36. The fourth-order valence-corrected chi connectivity index (χ4v) is 17.9. The maximum absolute atomic E-state index is 15.4. The van der Waals surface area contributed by atoms with Crippen LogP contribution in [0.3, 0.4) is 0 Å². The Hall–Kier alpha value is -8.85. The third-order valence-electron chi connectivity index (χ3n) is 16.0. The summed E-state index contributed by atoms with van der Waals surface area (Å²) in [4.78, 5) is 132. The van der Waals surface area contributed by atoms with E-state index in [4.69, 9.17) is 80.2 Å². The predicted molar refractivity (Wildman–Crippen MR) is 420 cm³/mol. The Bertz CT molecular complexity index is 4070. The lowest BCUT2D eigenvalue weighted by atomic mass is 9.99. The summed E-state index contributed by atoms with van der Waals surface area (Å²) in [5, 5.41) is 64.4. The molecular formula is C68H105N25O7S6. The number of guanidine groups is 4. The predicted octanol–water partition coefficient (Wildman–Crippen LogP) is 7.56. The van der Waals surface area contributed by atoms with Crippen LogP contribution in [-0.4, -0.2) is 121 Å². The zero-order chi connectivity index (χ0) is 78.4. The number of rotatable bonds is 42. The van der Waals surface area contributed by atoms with Gasteiger partial charge in [-0.2, -0.15) is 0 Å². The Balaban J connectivity index is 1.37. The summed E-state index contributed by atoms with van der Waals surface area (Å²) in [6.07, 6.45) is 4.94. The normalized spacial score (nSPS) is 13.1. The van der Waals surface area contributed by atoms with Crippen molar-refractivity contribution < 1.29 is 33.6 Å². The molecule has 24 N–H and O–H groups in total. The molecule has 0 aliphatic carbocycles. The molecule has 6 atom stereocenters. The minimum Gasteiger partial charge on any atom is -0.370 e. The van der Waals surface area contributed by atoms with Crippen molar-refractivity contribution in [3.8, 4) is 0 Å². The fraction of sp³-hybridized carbons (Fsp3) is 0.574. The van der Waals surface area contributed by atoms with Crippen LogP contribution in [0.25, 0.3) is 0 Å². The van der Waals surface area contributed by atoms with Gasteiger partial charge in [0.25, 0.3) is 35.4 Å². The van der Waals surface area contributed by atoms with Gasteiger partial charge < -0.3 is 81.8 Å². The number of carbonyl (C=O) groups is 7. The molecule has 0 aliphatic heterocycles.